The molecule has 0 rings (SSSR count). The first kappa shape index (κ1) is 13.6. The van der Waals surface area contributed by atoms with E-state index in [0.717, 1.165) is 0 Å². The van der Waals surface area contributed by atoms with Gasteiger partial charge in [0.15, 0.2) is 0 Å². The average molecular weight is 208 g/mol. The van der Waals surface area contributed by atoms with Crippen molar-refractivity contribution in [2.75, 3.05) is 20.1 Å². The van der Waals surface area contributed by atoms with Gasteiger partial charge in [-0.05, 0) is 19.0 Å². The molecular weight excluding hydrogens is 190 g/mol. The Morgan fingerprint density at radius 3 is 2.00 bits per heavy atom. The van der Waals surface area contributed by atoms with Crippen molar-refractivity contribution in [3.63, 3.8) is 0 Å². The fourth-order valence-corrected chi connectivity index (χ4v) is 1.32. The lowest BCUT2D eigenvalue weighted by Crippen LogP contribution is -2.35. The summed E-state index contributed by atoms with van der Waals surface area (Å²) < 4.78 is 36.5. The highest BCUT2D eigenvalue weighted by molar-refractivity contribution is 6.66. The van der Waals surface area contributed by atoms with E-state index in [1.54, 1.807) is 11.9 Å². The van der Waals surface area contributed by atoms with Crippen molar-refractivity contribution in [1.29, 1.82) is 0 Å². The molecule has 0 saturated heterocycles. The molecule has 0 radical (unpaired) electrons. The number of rotatable bonds is 4. The second-order valence-electron chi connectivity index (χ2n) is 4.97. The number of likely N-dealkylation sites (N-methyl/N-ethyl adjacent to an activating group) is 1. The van der Waals surface area contributed by atoms with Crippen LogP contribution >= 0.6 is 0 Å². The van der Waals surface area contributed by atoms with E-state index in [9.17, 15) is 12.9 Å². The first-order valence-corrected chi connectivity index (χ1v) is 4.58. The van der Waals surface area contributed by atoms with Crippen LogP contribution in [0.25, 0.3) is 0 Å². The summed E-state index contributed by atoms with van der Waals surface area (Å²) in [5, 5.41) is 0. The predicted molar refractivity (Wildman–Crippen MR) is 55.2 cm³/mol. The molecule has 0 spiro atoms. The third kappa shape index (κ3) is 6.08. The molecule has 0 bridgehead atoms. The Balaban J connectivity index is 4.09. The largest absolute Gasteiger partial charge is 0.506 e. The highest BCUT2D eigenvalue weighted by atomic mass is 19.4. The van der Waals surface area contributed by atoms with E-state index in [2.05, 4.69) is 6.58 Å². The van der Waals surface area contributed by atoms with Gasteiger partial charge in [-0.3, -0.25) is 0 Å². The van der Waals surface area contributed by atoms with Gasteiger partial charge in [0.2, 0.25) is 0 Å². The van der Waals surface area contributed by atoms with E-state index in [1.165, 1.54) is 0 Å². The first-order valence-electron chi connectivity index (χ1n) is 4.58. The average Bonchev–Trinajstić information content (AvgIpc) is 1.79. The molecule has 5 heteroatoms. The maximum absolute atomic E-state index is 12.2. The van der Waals surface area contributed by atoms with Crippen LogP contribution in [-0.4, -0.2) is 32.0 Å². The van der Waals surface area contributed by atoms with Crippen molar-refractivity contribution in [2.45, 2.75) is 20.8 Å². The number of hydrogen-bond acceptors (Lipinski definition) is 1. The summed E-state index contributed by atoms with van der Waals surface area (Å²) in [6.07, 6.45) is 0. The van der Waals surface area contributed by atoms with E-state index in [-0.39, 0.29) is 12.0 Å². The van der Waals surface area contributed by atoms with Crippen LogP contribution in [0.4, 0.5) is 12.9 Å². The summed E-state index contributed by atoms with van der Waals surface area (Å²) in [6.45, 7) is 4.67. The Kier molecular flexibility index (Phi) is 4.24. The van der Waals surface area contributed by atoms with Gasteiger partial charge in [-0.1, -0.05) is 20.8 Å². The summed E-state index contributed by atoms with van der Waals surface area (Å²) in [5.41, 5.74) is -0.620. The van der Waals surface area contributed by atoms with Crippen LogP contribution in [-0.2, 0) is 0 Å². The lowest BCUT2D eigenvalue weighted by atomic mass is 9.80. The van der Waals surface area contributed by atoms with E-state index in [1.807, 2.05) is 20.8 Å². The molecule has 84 valence electrons. The topological polar surface area (TPSA) is 3.24 Å². The van der Waals surface area contributed by atoms with Crippen LogP contribution in [0.3, 0.4) is 0 Å². The highest BCUT2D eigenvalue weighted by Gasteiger charge is 2.27. The van der Waals surface area contributed by atoms with E-state index in [0.29, 0.717) is 6.54 Å². The Bertz CT molecular complexity index is 205. The lowest BCUT2D eigenvalue weighted by molar-refractivity contribution is 0.240. The third-order valence-electron chi connectivity index (χ3n) is 1.68. The molecule has 0 fully saturated rings. The quantitative estimate of drug-likeness (QED) is 0.642. The van der Waals surface area contributed by atoms with Gasteiger partial charge in [0.05, 0.1) is 0 Å². The monoisotopic (exact) mass is 208 g/mol. The molecule has 0 aliphatic heterocycles. The molecule has 0 heterocycles. The van der Waals surface area contributed by atoms with Crippen molar-refractivity contribution in [1.82, 2.24) is 4.90 Å². The minimum absolute atomic E-state index is 0.00757. The van der Waals surface area contributed by atoms with Gasteiger partial charge in [0, 0.05) is 6.54 Å². The molecule has 0 amide bonds. The van der Waals surface area contributed by atoms with Crippen molar-refractivity contribution in [3.05, 3.63) is 12.1 Å². The molecule has 0 aliphatic carbocycles. The van der Waals surface area contributed by atoms with Gasteiger partial charge in [-0.25, -0.2) is 0 Å². The van der Waals surface area contributed by atoms with Gasteiger partial charge in [0.25, 0.3) is 0 Å². The van der Waals surface area contributed by atoms with Gasteiger partial charge in [-0.2, -0.15) is 0 Å². The Labute approximate surface area is 84.0 Å². The number of halogens is 3. The zero-order valence-electron chi connectivity index (χ0n) is 9.28. The molecule has 0 unspecified atom stereocenters. The molecule has 1 nitrogen and oxygen atoms in total. The van der Waals surface area contributed by atoms with Crippen molar-refractivity contribution < 1.29 is 12.9 Å². The van der Waals surface area contributed by atoms with Gasteiger partial charge in [0.1, 0.15) is 0 Å². The van der Waals surface area contributed by atoms with Crippen LogP contribution < -0.4 is 0 Å². The van der Waals surface area contributed by atoms with Crippen LogP contribution in [0, 0.1) is 5.41 Å². The van der Waals surface area contributed by atoms with Crippen LogP contribution in [0.1, 0.15) is 20.8 Å². The molecule has 14 heavy (non-hydrogen) atoms. The highest BCUT2D eigenvalue weighted by Crippen LogP contribution is 2.20. The second-order valence-corrected chi connectivity index (χ2v) is 4.97. The van der Waals surface area contributed by atoms with Gasteiger partial charge in [-0.15, -0.1) is 12.1 Å². The summed E-state index contributed by atoms with van der Waals surface area (Å²) in [5.74, 6) is 0. The predicted octanol–water partition coefficient (Wildman–Crippen LogP) is 2.91. The fraction of sp³-hybridized carbons (Fsp3) is 0.778. The standard InChI is InChI=1S/C9H18BF3N/c1-8(10(11,12)13)6-14(5)7-9(2,3)4/h1,6-7H2,2-5H3/q-1. The molecule has 0 N–H and O–H groups in total. The van der Waals surface area contributed by atoms with Crippen molar-refractivity contribution >= 4 is 6.98 Å². The third-order valence-corrected chi connectivity index (χ3v) is 1.68. The molecular formula is C9H18BF3N-. The Morgan fingerprint density at radius 2 is 1.71 bits per heavy atom. The lowest BCUT2D eigenvalue weighted by Gasteiger charge is -2.29. The fourth-order valence-electron chi connectivity index (χ4n) is 1.32. The molecule has 0 saturated carbocycles. The van der Waals surface area contributed by atoms with Crippen LogP contribution in [0.5, 0.6) is 0 Å². The molecule has 0 aliphatic rings. The zero-order valence-corrected chi connectivity index (χ0v) is 9.28. The first-order chi connectivity index (χ1) is 6.02. The van der Waals surface area contributed by atoms with E-state index >= 15 is 0 Å². The minimum Gasteiger partial charge on any atom is -0.445 e. The Morgan fingerprint density at radius 1 is 1.29 bits per heavy atom. The zero-order chi connectivity index (χ0) is 11.6. The molecule has 0 aromatic carbocycles. The van der Waals surface area contributed by atoms with Crippen molar-refractivity contribution in [3.8, 4) is 0 Å². The summed E-state index contributed by atoms with van der Waals surface area (Å²) in [4.78, 5) is 1.65. The number of nitrogens with zero attached hydrogens (tertiary/aromatic N) is 1. The summed E-state index contributed by atoms with van der Waals surface area (Å²) in [7, 11) is 1.68. The molecule has 0 atom stereocenters. The maximum atomic E-state index is 12.2. The SMILES string of the molecule is C=C(CN(C)CC(C)(C)C)[B-](F)(F)F. The Hall–Kier alpha value is -0.445. The number of hydrogen-bond donors (Lipinski definition) is 0. The van der Waals surface area contributed by atoms with E-state index in [4.69, 9.17) is 0 Å². The van der Waals surface area contributed by atoms with Crippen LogP contribution in [0.15, 0.2) is 12.1 Å². The van der Waals surface area contributed by atoms with Crippen molar-refractivity contribution in [2.24, 2.45) is 5.41 Å². The van der Waals surface area contributed by atoms with E-state index < -0.39 is 12.4 Å². The molecule has 0 aromatic rings. The molecule has 0 aromatic heterocycles. The van der Waals surface area contributed by atoms with Gasteiger partial charge < -0.3 is 17.8 Å². The normalized spacial score (nSPS) is 13.4. The summed E-state index contributed by atoms with van der Waals surface area (Å²) in [6, 6.07) is 0. The van der Waals surface area contributed by atoms with Crippen LogP contribution in [0.2, 0.25) is 0 Å². The second kappa shape index (κ2) is 4.38. The minimum atomic E-state index is -4.89. The smallest absolute Gasteiger partial charge is 0.445 e. The maximum Gasteiger partial charge on any atom is 0.506 e. The van der Waals surface area contributed by atoms with Gasteiger partial charge >= 0.3 is 6.98 Å². The summed E-state index contributed by atoms with van der Waals surface area (Å²) >= 11 is 0.